The highest BCUT2D eigenvalue weighted by atomic mass is 16.5. The molecular weight excluding hydrogens is 262 g/mol. The smallest absolute Gasteiger partial charge is 0.161 e. The first-order valence-corrected chi connectivity index (χ1v) is 8.18. The first kappa shape index (κ1) is 16.2. The van der Waals surface area contributed by atoms with Crippen LogP contribution in [0.2, 0.25) is 0 Å². The summed E-state index contributed by atoms with van der Waals surface area (Å²) in [4.78, 5) is 0. The highest BCUT2D eigenvalue weighted by Gasteiger charge is 2.19. The summed E-state index contributed by atoms with van der Waals surface area (Å²) < 4.78 is 10.6. The zero-order valence-electron chi connectivity index (χ0n) is 13.7. The summed E-state index contributed by atoms with van der Waals surface area (Å²) in [5.74, 6) is 3.43. The fourth-order valence-corrected chi connectivity index (χ4v) is 3.26. The maximum Gasteiger partial charge on any atom is 0.161 e. The molecule has 1 aliphatic rings. The van der Waals surface area contributed by atoms with Crippen molar-refractivity contribution in [1.29, 1.82) is 0 Å². The van der Waals surface area contributed by atoms with Gasteiger partial charge in [-0.15, -0.1) is 0 Å². The third kappa shape index (κ3) is 4.63. The summed E-state index contributed by atoms with van der Waals surface area (Å²) in [5.41, 5.74) is 1.25. The Kier molecular flexibility index (Phi) is 6.37. The Hall–Kier alpha value is -1.22. The van der Waals surface area contributed by atoms with Gasteiger partial charge >= 0.3 is 0 Å². The molecular formula is C18H29NO2. The normalized spacial score (nSPS) is 22.0. The minimum Gasteiger partial charge on any atom is -0.493 e. The van der Waals surface area contributed by atoms with Gasteiger partial charge in [0.15, 0.2) is 11.5 Å². The van der Waals surface area contributed by atoms with E-state index in [9.17, 15) is 0 Å². The van der Waals surface area contributed by atoms with Gasteiger partial charge < -0.3 is 14.8 Å². The molecule has 1 aromatic carbocycles. The van der Waals surface area contributed by atoms with Gasteiger partial charge in [0.1, 0.15) is 0 Å². The van der Waals surface area contributed by atoms with Crippen LogP contribution in [0, 0.1) is 11.8 Å². The quantitative estimate of drug-likeness (QED) is 0.823. The Morgan fingerprint density at radius 1 is 1.00 bits per heavy atom. The largest absolute Gasteiger partial charge is 0.493 e. The summed E-state index contributed by atoms with van der Waals surface area (Å²) in [6.45, 7) is 4.35. The van der Waals surface area contributed by atoms with Crippen molar-refractivity contribution >= 4 is 0 Å². The van der Waals surface area contributed by atoms with E-state index in [1.165, 1.54) is 37.7 Å². The molecule has 118 valence electrons. The summed E-state index contributed by atoms with van der Waals surface area (Å²) in [6.07, 6.45) is 6.96. The molecule has 0 spiro atoms. The van der Waals surface area contributed by atoms with Gasteiger partial charge in [-0.05, 0) is 48.9 Å². The second-order valence-corrected chi connectivity index (χ2v) is 6.12. The molecule has 1 saturated carbocycles. The van der Waals surface area contributed by atoms with E-state index < -0.39 is 0 Å². The van der Waals surface area contributed by atoms with E-state index in [1.807, 2.05) is 6.07 Å². The van der Waals surface area contributed by atoms with E-state index in [2.05, 4.69) is 24.4 Å². The number of methoxy groups -OCH3 is 2. The zero-order valence-corrected chi connectivity index (χ0v) is 13.7. The van der Waals surface area contributed by atoms with Crippen molar-refractivity contribution in [3.05, 3.63) is 23.8 Å². The van der Waals surface area contributed by atoms with Crippen molar-refractivity contribution < 1.29 is 9.47 Å². The molecule has 1 aromatic rings. The van der Waals surface area contributed by atoms with Crippen molar-refractivity contribution in [3.8, 4) is 11.5 Å². The van der Waals surface area contributed by atoms with E-state index in [4.69, 9.17) is 9.47 Å². The Labute approximate surface area is 129 Å². The van der Waals surface area contributed by atoms with Gasteiger partial charge in [0.05, 0.1) is 14.2 Å². The van der Waals surface area contributed by atoms with Crippen LogP contribution in [0.1, 0.15) is 44.6 Å². The first-order valence-electron chi connectivity index (χ1n) is 8.18. The van der Waals surface area contributed by atoms with Crippen molar-refractivity contribution in [2.45, 2.75) is 45.6 Å². The molecule has 0 radical (unpaired) electrons. The number of rotatable bonds is 7. The predicted molar refractivity (Wildman–Crippen MR) is 87.0 cm³/mol. The number of ether oxygens (including phenoxy) is 2. The minimum absolute atomic E-state index is 0.791. The summed E-state index contributed by atoms with van der Waals surface area (Å²) in [6, 6.07) is 6.13. The standard InChI is InChI=1S/C18H29NO2/c1-4-14-5-7-15(8-6-14)12-19-13-16-9-10-17(20-2)18(11-16)21-3/h9-11,14-15,19H,4-8,12-13H2,1-3H3. The van der Waals surface area contributed by atoms with Crippen LogP contribution in [0.3, 0.4) is 0 Å². The number of hydrogen-bond acceptors (Lipinski definition) is 3. The third-order valence-corrected chi connectivity index (χ3v) is 4.75. The monoisotopic (exact) mass is 291 g/mol. The van der Waals surface area contributed by atoms with E-state index in [1.54, 1.807) is 14.2 Å². The third-order valence-electron chi connectivity index (χ3n) is 4.75. The molecule has 0 unspecified atom stereocenters. The molecule has 1 fully saturated rings. The van der Waals surface area contributed by atoms with E-state index in [-0.39, 0.29) is 0 Å². The number of nitrogens with one attached hydrogen (secondary N) is 1. The van der Waals surface area contributed by atoms with Crippen LogP contribution < -0.4 is 14.8 Å². The van der Waals surface area contributed by atoms with Crippen molar-refractivity contribution in [3.63, 3.8) is 0 Å². The second-order valence-electron chi connectivity index (χ2n) is 6.12. The molecule has 0 aromatic heterocycles. The molecule has 3 nitrogen and oxygen atoms in total. The van der Waals surface area contributed by atoms with Gasteiger partial charge in [0, 0.05) is 6.54 Å². The minimum atomic E-state index is 0.791. The molecule has 0 atom stereocenters. The molecule has 2 rings (SSSR count). The second kappa shape index (κ2) is 8.28. The Balaban J connectivity index is 1.76. The van der Waals surface area contributed by atoms with E-state index in [0.717, 1.165) is 36.4 Å². The van der Waals surface area contributed by atoms with Gasteiger partial charge in [-0.2, -0.15) is 0 Å². The first-order chi connectivity index (χ1) is 10.3. The summed E-state index contributed by atoms with van der Waals surface area (Å²) in [5, 5.41) is 3.60. The van der Waals surface area contributed by atoms with Crippen LogP contribution in [0.4, 0.5) is 0 Å². The van der Waals surface area contributed by atoms with E-state index in [0.29, 0.717) is 0 Å². The maximum atomic E-state index is 5.34. The SMILES string of the molecule is CCC1CCC(CNCc2ccc(OC)c(OC)c2)CC1. The number of benzene rings is 1. The lowest BCUT2D eigenvalue weighted by molar-refractivity contribution is 0.262. The van der Waals surface area contributed by atoms with Crippen LogP contribution in [0.25, 0.3) is 0 Å². The Morgan fingerprint density at radius 3 is 2.29 bits per heavy atom. The lowest BCUT2D eigenvalue weighted by atomic mass is 9.81. The Bertz CT molecular complexity index is 425. The van der Waals surface area contributed by atoms with E-state index >= 15 is 0 Å². The lowest BCUT2D eigenvalue weighted by Gasteiger charge is -2.28. The van der Waals surface area contributed by atoms with Crippen LogP contribution in [0.15, 0.2) is 18.2 Å². The highest BCUT2D eigenvalue weighted by molar-refractivity contribution is 5.42. The summed E-state index contributed by atoms with van der Waals surface area (Å²) >= 11 is 0. The van der Waals surface area contributed by atoms with Crippen LogP contribution >= 0.6 is 0 Å². The fourth-order valence-electron chi connectivity index (χ4n) is 3.26. The average molecular weight is 291 g/mol. The van der Waals surface area contributed by atoms with Gasteiger partial charge in [-0.1, -0.05) is 32.3 Å². The van der Waals surface area contributed by atoms with Crippen LogP contribution in [-0.4, -0.2) is 20.8 Å². The average Bonchev–Trinajstić information content (AvgIpc) is 2.55. The topological polar surface area (TPSA) is 30.5 Å². The molecule has 3 heteroatoms. The van der Waals surface area contributed by atoms with Gasteiger partial charge in [-0.25, -0.2) is 0 Å². The van der Waals surface area contributed by atoms with Crippen LogP contribution in [0.5, 0.6) is 11.5 Å². The van der Waals surface area contributed by atoms with Crippen molar-refractivity contribution in [1.82, 2.24) is 5.32 Å². The molecule has 0 aliphatic heterocycles. The van der Waals surface area contributed by atoms with Gasteiger partial charge in [0.2, 0.25) is 0 Å². The van der Waals surface area contributed by atoms with Crippen molar-refractivity contribution in [2.24, 2.45) is 11.8 Å². The fraction of sp³-hybridized carbons (Fsp3) is 0.667. The molecule has 1 N–H and O–H groups in total. The predicted octanol–water partition coefficient (Wildman–Crippen LogP) is 4.01. The van der Waals surface area contributed by atoms with Crippen molar-refractivity contribution in [2.75, 3.05) is 20.8 Å². The summed E-state index contributed by atoms with van der Waals surface area (Å²) in [7, 11) is 3.35. The lowest BCUT2D eigenvalue weighted by Crippen LogP contribution is -2.26. The zero-order chi connectivity index (χ0) is 15.1. The number of hydrogen-bond donors (Lipinski definition) is 1. The van der Waals surface area contributed by atoms with Gasteiger partial charge in [-0.3, -0.25) is 0 Å². The molecule has 0 heterocycles. The molecule has 0 amide bonds. The maximum absolute atomic E-state index is 5.34. The molecule has 0 saturated heterocycles. The highest BCUT2D eigenvalue weighted by Crippen LogP contribution is 2.30. The molecule has 21 heavy (non-hydrogen) atoms. The molecule has 1 aliphatic carbocycles. The van der Waals surface area contributed by atoms with Crippen LogP contribution in [-0.2, 0) is 6.54 Å². The molecule has 0 bridgehead atoms. The van der Waals surface area contributed by atoms with Gasteiger partial charge in [0.25, 0.3) is 0 Å². The Morgan fingerprint density at radius 2 is 1.67 bits per heavy atom.